The molecule has 1 aliphatic rings. The lowest BCUT2D eigenvalue weighted by Gasteiger charge is -2.34. The first-order valence-electron chi connectivity index (χ1n) is 9.87. The summed E-state index contributed by atoms with van der Waals surface area (Å²) in [5.41, 5.74) is 4.34. The molecule has 0 aliphatic carbocycles. The third kappa shape index (κ3) is 3.71. The van der Waals surface area contributed by atoms with Crippen molar-refractivity contribution in [3.8, 4) is 0 Å². The van der Waals surface area contributed by atoms with Crippen molar-refractivity contribution >= 4 is 21.9 Å². The lowest BCUT2D eigenvalue weighted by atomic mass is 9.79. The minimum absolute atomic E-state index is 0.136. The molecule has 27 heavy (non-hydrogen) atoms. The van der Waals surface area contributed by atoms with Gasteiger partial charge in [0.1, 0.15) is 0 Å². The summed E-state index contributed by atoms with van der Waals surface area (Å²) in [6.07, 6.45) is 4.81. The van der Waals surface area contributed by atoms with Crippen molar-refractivity contribution in [2.24, 2.45) is 5.41 Å². The van der Waals surface area contributed by atoms with Crippen LogP contribution in [-0.2, 0) is 9.47 Å². The average Bonchev–Trinajstić information content (AvgIpc) is 3.28. The summed E-state index contributed by atoms with van der Waals surface area (Å²) in [6, 6.07) is 8.23. The smallest absolute Gasteiger partial charge is 0.166 e. The Bertz CT molecular complexity index is 941. The highest BCUT2D eigenvalue weighted by atomic mass is 16.7. The Kier molecular flexibility index (Phi) is 4.68. The molecule has 0 amide bonds. The average molecular weight is 367 g/mol. The quantitative estimate of drug-likeness (QED) is 0.652. The number of ether oxygens (including phenoxy) is 2. The molecule has 1 aromatic carbocycles. The fourth-order valence-electron chi connectivity index (χ4n) is 4.37. The van der Waals surface area contributed by atoms with E-state index in [0.29, 0.717) is 19.1 Å². The number of nitrogens with zero attached hydrogens (tertiary/aromatic N) is 2. The molecule has 0 spiro atoms. The van der Waals surface area contributed by atoms with Gasteiger partial charge in [-0.15, -0.1) is 0 Å². The van der Waals surface area contributed by atoms with Crippen LogP contribution in [0.4, 0.5) is 0 Å². The molecule has 5 heteroatoms. The van der Waals surface area contributed by atoms with E-state index in [0.717, 1.165) is 46.9 Å². The molecule has 1 unspecified atom stereocenters. The zero-order chi connectivity index (χ0) is 19.1. The van der Waals surface area contributed by atoms with Crippen LogP contribution in [0.15, 0.2) is 30.6 Å². The molecule has 0 saturated carbocycles. The molecule has 0 radical (unpaired) electrons. The highest BCUT2D eigenvalue weighted by Gasteiger charge is 2.37. The number of aromatic nitrogens is 3. The summed E-state index contributed by atoms with van der Waals surface area (Å²) in [5.74, 6) is -0.0973. The highest BCUT2D eigenvalue weighted by molar-refractivity contribution is 6.02. The van der Waals surface area contributed by atoms with Crippen molar-refractivity contribution in [3.05, 3.63) is 36.3 Å². The van der Waals surface area contributed by atoms with Crippen molar-refractivity contribution in [2.45, 2.75) is 58.7 Å². The number of imidazole rings is 1. The lowest BCUT2D eigenvalue weighted by molar-refractivity contribution is -0.164. The van der Waals surface area contributed by atoms with Crippen LogP contribution in [0.1, 0.15) is 58.6 Å². The van der Waals surface area contributed by atoms with Gasteiger partial charge in [0.2, 0.25) is 0 Å². The molecule has 144 valence electrons. The van der Waals surface area contributed by atoms with Crippen molar-refractivity contribution in [1.29, 1.82) is 0 Å². The van der Waals surface area contributed by atoms with E-state index in [1.54, 1.807) is 6.33 Å². The number of hydrogen-bond donors (Lipinski definition) is 1. The number of rotatable bonds is 6. The summed E-state index contributed by atoms with van der Waals surface area (Å²) < 4.78 is 11.6. The van der Waals surface area contributed by atoms with Gasteiger partial charge < -0.3 is 14.5 Å². The van der Waals surface area contributed by atoms with Gasteiger partial charge in [0.25, 0.3) is 0 Å². The van der Waals surface area contributed by atoms with Crippen molar-refractivity contribution in [3.63, 3.8) is 0 Å². The highest BCUT2D eigenvalue weighted by Crippen LogP contribution is 2.39. The standard InChI is InChI=1S/C22H29N3O2/c1-15(9-10-21(2,3)13-22(4)26-11-12-27-22)18-20-19(23-14-24-20)16-7-5-6-8-17(16)25-18/h5-8,14-15H,9-13H2,1-4H3,(H,23,24). The molecule has 1 saturated heterocycles. The fraction of sp³-hybridized carbons (Fsp3) is 0.545. The van der Waals surface area contributed by atoms with Gasteiger partial charge >= 0.3 is 0 Å². The van der Waals surface area contributed by atoms with E-state index in [2.05, 4.69) is 49.8 Å². The molecular weight excluding hydrogens is 338 g/mol. The number of hydrogen-bond acceptors (Lipinski definition) is 4. The maximum Gasteiger partial charge on any atom is 0.166 e. The fourth-order valence-corrected chi connectivity index (χ4v) is 4.37. The minimum Gasteiger partial charge on any atom is -0.348 e. The number of pyridine rings is 1. The van der Waals surface area contributed by atoms with Crippen molar-refractivity contribution < 1.29 is 9.47 Å². The molecule has 3 aromatic rings. The molecular formula is C22H29N3O2. The maximum atomic E-state index is 5.82. The molecule has 2 aromatic heterocycles. The Balaban J connectivity index is 1.54. The molecule has 3 heterocycles. The molecule has 1 atom stereocenters. The summed E-state index contributed by atoms with van der Waals surface area (Å²) in [4.78, 5) is 12.8. The van der Waals surface area contributed by atoms with Crippen LogP contribution >= 0.6 is 0 Å². The lowest BCUT2D eigenvalue weighted by Crippen LogP contribution is -2.32. The topological polar surface area (TPSA) is 60.0 Å². The minimum atomic E-state index is -0.440. The Hall–Kier alpha value is -1.98. The zero-order valence-electron chi connectivity index (χ0n) is 16.7. The van der Waals surface area contributed by atoms with Gasteiger partial charge in [-0.2, -0.15) is 0 Å². The summed E-state index contributed by atoms with van der Waals surface area (Å²) in [6.45, 7) is 10.3. The van der Waals surface area contributed by atoms with Crippen LogP contribution in [0.5, 0.6) is 0 Å². The first-order valence-corrected chi connectivity index (χ1v) is 9.87. The van der Waals surface area contributed by atoms with Crippen LogP contribution in [0.2, 0.25) is 0 Å². The predicted molar refractivity (Wildman–Crippen MR) is 108 cm³/mol. The third-order valence-electron chi connectivity index (χ3n) is 5.71. The van der Waals surface area contributed by atoms with Crippen LogP contribution in [0, 0.1) is 5.41 Å². The largest absolute Gasteiger partial charge is 0.348 e. The normalized spacial score (nSPS) is 18.4. The van der Waals surface area contributed by atoms with E-state index in [9.17, 15) is 0 Å². The zero-order valence-corrected chi connectivity index (χ0v) is 16.7. The Morgan fingerprint density at radius 1 is 1.22 bits per heavy atom. The van der Waals surface area contributed by atoms with Crippen LogP contribution in [-0.4, -0.2) is 34.0 Å². The van der Waals surface area contributed by atoms with E-state index in [4.69, 9.17) is 14.5 Å². The van der Waals surface area contributed by atoms with Gasteiger partial charge in [0.05, 0.1) is 41.8 Å². The van der Waals surface area contributed by atoms with Gasteiger partial charge in [-0.3, -0.25) is 4.98 Å². The number of aromatic amines is 1. The van der Waals surface area contributed by atoms with Crippen molar-refractivity contribution in [2.75, 3.05) is 13.2 Å². The van der Waals surface area contributed by atoms with E-state index >= 15 is 0 Å². The maximum absolute atomic E-state index is 5.82. The second-order valence-electron chi connectivity index (χ2n) is 8.75. The molecule has 4 rings (SSSR count). The second kappa shape index (κ2) is 6.88. The van der Waals surface area contributed by atoms with Gasteiger partial charge in [-0.1, -0.05) is 39.0 Å². The van der Waals surface area contributed by atoms with Gasteiger partial charge in [0, 0.05) is 17.7 Å². The number of nitrogens with one attached hydrogen (secondary N) is 1. The van der Waals surface area contributed by atoms with E-state index < -0.39 is 5.79 Å². The first kappa shape index (κ1) is 18.4. The first-order chi connectivity index (χ1) is 12.9. The number of para-hydroxylation sites is 1. The van der Waals surface area contributed by atoms with Gasteiger partial charge in [-0.05, 0) is 31.2 Å². The number of H-pyrrole nitrogens is 1. The van der Waals surface area contributed by atoms with Crippen LogP contribution in [0.3, 0.4) is 0 Å². The third-order valence-corrected chi connectivity index (χ3v) is 5.71. The summed E-state index contributed by atoms with van der Waals surface area (Å²) >= 11 is 0. The van der Waals surface area contributed by atoms with E-state index in [1.165, 1.54) is 0 Å². The Morgan fingerprint density at radius 2 is 1.96 bits per heavy atom. The SMILES string of the molecule is CC(CCC(C)(C)CC1(C)OCCO1)c1nc2ccccc2c2nc[nH]c12. The second-order valence-corrected chi connectivity index (χ2v) is 8.75. The van der Waals surface area contributed by atoms with Gasteiger partial charge in [-0.25, -0.2) is 4.98 Å². The monoisotopic (exact) mass is 367 g/mol. The molecule has 1 N–H and O–H groups in total. The van der Waals surface area contributed by atoms with Crippen molar-refractivity contribution in [1.82, 2.24) is 15.0 Å². The Morgan fingerprint density at radius 3 is 2.74 bits per heavy atom. The Labute approximate surface area is 160 Å². The van der Waals surface area contributed by atoms with E-state index in [1.807, 2.05) is 12.1 Å². The number of benzene rings is 1. The molecule has 5 nitrogen and oxygen atoms in total. The molecule has 1 aliphatic heterocycles. The predicted octanol–water partition coefficient (Wildman–Crippen LogP) is 5.17. The summed E-state index contributed by atoms with van der Waals surface area (Å²) in [5, 5.41) is 1.11. The van der Waals surface area contributed by atoms with Gasteiger partial charge in [0.15, 0.2) is 5.79 Å². The van der Waals surface area contributed by atoms with Crippen LogP contribution in [0.25, 0.3) is 21.9 Å². The van der Waals surface area contributed by atoms with Crippen LogP contribution < -0.4 is 0 Å². The number of fused-ring (bicyclic) bond motifs is 3. The molecule has 0 bridgehead atoms. The van der Waals surface area contributed by atoms with E-state index in [-0.39, 0.29) is 5.41 Å². The molecule has 1 fully saturated rings. The summed E-state index contributed by atoms with van der Waals surface area (Å²) in [7, 11) is 0.